The maximum Gasteiger partial charge on any atom is 0.0850 e. The van der Waals surface area contributed by atoms with Crippen LogP contribution in [0.4, 0.5) is 0 Å². The molecule has 1 unspecified atom stereocenters. The molecule has 3 N–H and O–H groups in total. The number of nitrogens with two attached hydrogens (primary N) is 1. The first-order valence-corrected chi connectivity index (χ1v) is 7.23. The fourth-order valence-electron chi connectivity index (χ4n) is 2.36. The van der Waals surface area contributed by atoms with Crippen LogP contribution in [0.5, 0.6) is 0 Å². The molecule has 108 valence electrons. The molecule has 0 saturated heterocycles. The molecule has 1 atom stereocenters. The van der Waals surface area contributed by atoms with Gasteiger partial charge >= 0.3 is 0 Å². The normalized spacial score (nSPS) is 12.6. The van der Waals surface area contributed by atoms with Crippen LogP contribution in [0.3, 0.4) is 0 Å². The zero-order chi connectivity index (χ0) is 14.5. The Kier molecular flexibility index (Phi) is 5.17. The summed E-state index contributed by atoms with van der Waals surface area (Å²) in [7, 11) is 1.93. The Morgan fingerprint density at radius 3 is 2.55 bits per heavy atom. The first-order valence-electron chi connectivity index (χ1n) is 6.86. The van der Waals surface area contributed by atoms with Crippen LogP contribution < -0.4 is 11.3 Å². The van der Waals surface area contributed by atoms with Gasteiger partial charge in [-0.15, -0.1) is 0 Å². The van der Waals surface area contributed by atoms with Crippen molar-refractivity contribution in [1.82, 2.24) is 15.2 Å². The molecule has 5 heteroatoms. The molecular formula is C15H21ClN4. The number of benzene rings is 1. The second-order valence-corrected chi connectivity index (χ2v) is 5.32. The number of aromatic nitrogens is 2. The smallest absolute Gasteiger partial charge is 0.0850 e. The standard InChI is InChI=1S/C15H21ClN4/c1-3-13-15(16)14(20(2)19-13)10-12(18-17)9-11-7-5-4-6-8-11/h4-8,12,18H,3,9-10,17H2,1-2H3. The van der Waals surface area contributed by atoms with Gasteiger partial charge in [0.1, 0.15) is 0 Å². The largest absolute Gasteiger partial charge is 0.271 e. The SMILES string of the molecule is CCc1nn(C)c(CC(Cc2ccccc2)NN)c1Cl. The van der Waals surface area contributed by atoms with Gasteiger partial charge in [0, 0.05) is 19.5 Å². The number of aryl methyl sites for hydroxylation is 2. The highest BCUT2D eigenvalue weighted by atomic mass is 35.5. The number of nitrogens with one attached hydrogen (secondary N) is 1. The highest BCUT2D eigenvalue weighted by Crippen LogP contribution is 2.22. The van der Waals surface area contributed by atoms with Crippen molar-refractivity contribution in [1.29, 1.82) is 0 Å². The highest BCUT2D eigenvalue weighted by Gasteiger charge is 2.17. The molecule has 1 aromatic carbocycles. The molecule has 0 bridgehead atoms. The van der Waals surface area contributed by atoms with Crippen LogP contribution in [-0.2, 0) is 26.3 Å². The first-order chi connectivity index (χ1) is 9.65. The Morgan fingerprint density at radius 2 is 2.00 bits per heavy atom. The van der Waals surface area contributed by atoms with Gasteiger partial charge in [0.2, 0.25) is 0 Å². The van der Waals surface area contributed by atoms with Crippen molar-refractivity contribution >= 4 is 11.6 Å². The van der Waals surface area contributed by atoms with E-state index in [9.17, 15) is 0 Å². The highest BCUT2D eigenvalue weighted by molar-refractivity contribution is 6.31. The lowest BCUT2D eigenvalue weighted by Gasteiger charge is -2.16. The van der Waals surface area contributed by atoms with E-state index in [1.807, 2.05) is 29.9 Å². The zero-order valence-electron chi connectivity index (χ0n) is 11.9. The van der Waals surface area contributed by atoms with E-state index in [1.54, 1.807) is 0 Å². The summed E-state index contributed by atoms with van der Waals surface area (Å²) in [5.41, 5.74) is 6.11. The molecule has 0 fully saturated rings. The zero-order valence-corrected chi connectivity index (χ0v) is 12.7. The van der Waals surface area contributed by atoms with E-state index in [0.717, 1.165) is 35.7 Å². The average Bonchev–Trinajstić information content (AvgIpc) is 2.74. The van der Waals surface area contributed by atoms with Gasteiger partial charge in [0.05, 0.1) is 16.4 Å². The van der Waals surface area contributed by atoms with Crippen LogP contribution in [0.15, 0.2) is 30.3 Å². The third kappa shape index (κ3) is 3.39. The molecule has 20 heavy (non-hydrogen) atoms. The maximum absolute atomic E-state index is 6.38. The third-order valence-corrected chi connectivity index (χ3v) is 3.94. The molecule has 2 aromatic rings. The number of nitrogens with zero attached hydrogens (tertiary/aromatic N) is 2. The summed E-state index contributed by atoms with van der Waals surface area (Å²) in [6.07, 6.45) is 2.46. The van der Waals surface area contributed by atoms with E-state index in [1.165, 1.54) is 5.56 Å². The van der Waals surface area contributed by atoms with Crippen molar-refractivity contribution in [2.75, 3.05) is 0 Å². The summed E-state index contributed by atoms with van der Waals surface area (Å²) in [6.45, 7) is 2.06. The first kappa shape index (κ1) is 15.0. The Balaban J connectivity index is 2.12. The van der Waals surface area contributed by atoms with Crippen LogP contribution in [-0.4, -0.2) is 15.8 Å². The van der Waals surface area contributed by atoms with E-state index in [2.05, 4.69) is 29.6 Å². The summed E-state index contributed by atoms with van der Waals surface area (Å²) in [5.74, 6) is 5.69. The fraction of sp³-hybridized carbons (Fsp3) is 0.400. The van der Waals surface area contributed by atoms with Gasteiger partial charge in [0.25, 0.3) is 0 Å². The number of rotatable bonds is 6. The van der Waals surface area contributed by atoms with Gasteiger partial charge in [-0.1, -0.05) is 48.9 Å². The van der Waals surface area contributed by atoms with Crippen molar-refractivity contribution in [3.63, 3.8) is 0 Å². The Labute approximate surface area is 124 Å². The average molecular weight is 293 g/mol. The number of hydrazine groups is 1. The molecule has 4 nitrogen and oxygen atoms in total. The molecule has 0 aliphatic carbocycles. The molecule has 2 rings (SSSR count). The van der Waals surface area contributed by atoms with E-state index in [0.29, 0.717) is 0 Å². The summed E-state index contributed by atoms with van der Waals surface area (Å²) < 4.78 is 1.86. The second kappa shape index (κ2) is 6.88. The summed E-state index contributed by atoms with van der Waals surface area (Å²) in [6, 6.07) is 10.4. The van der Waals surface area contributed by atoms with Crippen molar-refractivity contribution < 1.29 is 0 Å². The minimum atomic E-state index is 0.134. The summed E-state index contributed by atoms with van der Waals surface area (Å²) in [4.78, 5) is 0. The minimum absolute atomic E-state index is 0.134. The summed E-state index contributed by atoms with van der Waals surface area (Å²) in [5, 5.41) is 5.21. The van der Waals surface area contributed by atoms with Crippen molar-refractivity contribution in [3.05, 3.63) is 52.3 Å². The van der Waals surface area contributed by atoms with Crippen LogP contribution in [0.25, 0.3) is 0 Å². The molecule has 0 aliphatic rings. The predicted molar refractivity (Wildman–Crippen MR) is 82.6 cm³/mol. The third-order valence-electron chi connectivity index (χ3n) is 3.50. The Hall–Kier alpha value is -1.36. The summed E-state index contributed by atoms with van der Waals surface area (Å²) >= 11 is 6.38. The van der Waals surface area contributed by atoms with E-state index >= 15 is 0 Å². The van der Waals surface area contributed by atoms with Crippen molar-refractivity contribution in [2.24, 2.45) is 12.9 Å². The molecule has 0 radical (unpaired) electrons. The lowest BCUT2D eigenvalue weighted by molar-refractivity contribution is 0.505. The van der Waals surface area contributed by atoms with Crippen LogP contribution in [0.1, 0.15) is 23.9 Å². The van der Waals surface area contributed by atoms with Crippen LogP contribution in [0.2, 0.25) is 5.02 Å². The predicted octanol–water partition coefficient (Wildman–Crippen LogP) is 2.25. The van der Waals surface area contributed by atoms with Crippen molar-refractivity contribution in [3.8, 4) is 0 Å². The van der Waals surface area contributed by atoms with Gasteiger partial charge in [-0.05, 0) is 18.4 Å². The van der Waals surface area contributed by atoms with E-state index < -0.39 is 0 Å². The van der Waals surface area contributed by atoms with E-state index in [-0.39, 0.29) is 6.04 Å². The molecule has 0 amide bonds. The van der Waals surface area contributed by atoms with Gasteiger partial charge < -0.3 is 0 Å². The molecule has 0 saturated carbocycles. The lowest BCUT2D eigenvalue weighted by atomic mass is 10.0. The van der Waals surface area contributed by atoms with E-state index in [4.69, 9.17) is 17.4 Å². The number of hydrogen-bond acceptors (Lipinski definition) is 3. The number of halogens is 1. The van der Waals surface area contributed by atoms with Crippen molar-refractivity contribution in [2.45, 2.75) is 32.2 Å². The van der Waals surface area contributed by atoms with Crippen LogP contribution in [0, 0.1) is 0 Å². The molecule has 1 heterocycles. The quantitative estimate of drug-likeness (QED) is 0.634. The molecule has 0 aliphatic heterocycles. The second-order valence-electron chi connectivity index (χ2n) is 4.94. The fourth-order valence-corrected chi connectivity index (χ4v) is 2.73. The maximum atomic E-state index is 6.38. The topological polar surface area (TPSA) is 55.9 Å². The Bertz CT molecular complexity index is 551. The van der Waals surface area contributed by atoms with Crippen LogP contribution >= 0.6 is 11.6 Å². The minimum Gasteiger partial charge on any atom is -0.271 e. The molecule has 1 aromatic heterocycles. The molecular weight excluding hydrogens is 272 g/mol. The Morgan fingerprint density at radius 1 is 1.30 bits per heavy atom. The lowest BCUT2D eigenvalue weighted by Crippen LogP contribution is -2.39. The van der Waals surface area contributed by atoms with Gasteiger partial charge in [-0.3, -0.25) is 16.0 Å². The number of hydrogen-bond donors (Lipinski definition) is 2. The van der Waals surface area contributed by atoms with Gasteiger partial charge in [-0.2, -0.15) is 5.10 Å². The van der Waals surface area contributed by atoms with Gasteiger partial charge in [-0.25, -0.2) is 0 Å². The monoisotopic (exact) mass is 292 g/mol. The molecule has 0 spiro atoms. The van der Waals surface area contributed by atoms with Gasteiger partial charge in [0.15, 0.2) is 0 Å².